The summed E-state index contributed by atoms with van der Waals surface area (Å²) in [6.45, 7) is 1.99. The number of aliphatic hydroxyl groups excluding tert-OH is 1. The molecule has 0 radical (unpaired) electrons. The lowest BCUT2D eigenvalue weighted by molar-refractivity contribution is -0.118. The van der Waals surface area contributed by atoms with Gasteiger partial charge >= 0.3 is 0 Å². The fourth-order valence-corrected chi connectivity index (χ4v) is 2.81. The standard InChI is InChI=1S/C14H17NO4S/c1-9(20-6-2-5-16)14(18)10-3-4-12-11(7-10)15-13(17)8-19-12/h3-4,7,9,16H,2,5-6,8H2,1H3,(H,15,17). The summed E-state index contributed by atoms with van der Waals surface area (Å²) in [5.41, 5.74) is 1.10. The maximum absolute atomic E-state index is 12.3. The number of aliphatic hydroxyl groups is 1. The number of anilines is 1. The Morgan fingerprint density at radius 3 is 3.10 bits per heavy atom. The van der Waals surface area contributed by atoms with Gasteiger partial charge in [-0.2, -0.15) is 11.8 Å². The molecule has 0 saturated carbocycles. The summed E-state index contributed by atoms with van der Waals surface area (Å²) in [5, 5.41) is 11.2. The van der Waals surface area contributed by atoms with E-state index in [1.54, 1.807) is 18.2 Å². The van der Waals surface area contributed by atoms with Crippen molar-refractivity contribution in [3.05, 3.63) is 23.8 Å². The minimum atomic E-state index is -0.215. The van der Waals surface area contributed by atoms with Crippen LogP contribution in [-0.2, 0) is 4.79 Å². The average Bonchev–Trinajstić information content (AvgIpc) is 2.45. The molecule has 108 valence electrons. The second-order valence-electron chi connectivity index (χ2n) is 4.50. The first-order valence-corrected chi connectivity index (χ1v) is 7.50. The number of Topliss-reactive ketones (excluding diaryl/α,β-unsaturated/α-hetero) is 1. The molecular weight excluding hydrogens is 278 g/mol. The van der Waals surface area contributed by atoms with E-state index in [-0.39, 0.29) is 30.2 Å². The van der Waals surface area contributed by atoms with Gasteiger partial charge in [0, 0.05) is 12.2 Å². The smallest absolute Gasteiger partial charge is 0.262 e. The maximum atomic E-state index is 12.3. The largest absolute Gasteiger partial charge is 0.482 e. The van der Waals surface area contributed by atoms with Crippen LogP contribution < -0.4 is 10.1 Å². The molecule has 0 aromatic heterocycles. The zero-order valence-electron chi connectivity index (χ0n) is 11.2. The first-order chi connectivity index (χ1) is 9.61. The minimum absolute atomic E-state index is 0.00765. The normalized spacial score (nSPS) is 15.0. The maximum Gasteiger partial charge on any atom is 0.262 e. The van der Waals surface area contributed by atoms with E-state index in [2.05, 4.69) is 5.32 Å². The van der Waals surface area contributed by atoms with Crippen LogP contribution in [0, 0.1) is 0 Å². The molecule has 2 rings (SSSR count). The molecule has 2 N–H and O–H groups in total. The molecule has 20 heavy (non-hydrogen) atoms. The molecule has 1 amide bonds. The van der Waals surface area contributed by atoms with E-state index in [4.69, 9.17) is 9.84 Å². The first kappa shape index (κ1) is 14.9. The van der Waals surface area contributed by atoms with E-state index in [1.165, 1.54) is 11.8 Å². The van der Waals surface area contributed by atoms with Gasteiger partial charge in [0.1, 0.15) is 5.75 Å². The van der Waals surface area contributed by atoms with Crippen molar-refractivity contribution in [2.45, 2.75) is 18.6 Å². The van der Waals surface area contributed by atoms with Crippen molar-refractivity contribution in [3.8, 4) is 5.75 Å². The van der Waals surface area contributed by atoms with Crippen molar-refractivity contribution in [2.75, 3.05) is 24.3 Å². The van der Waals surface area contributed by atoms with Gasteiger partial charge in [-0.1, -0.05) is 0 Å². The summed E-state index contributed by atoms with van der Waals surface area (Å²) in [4.78, 5) is 23.5. The fraction of sp³-hybridized carbons (Fsp3) is 0.429. The summed E-state index contributed by atoms with van der Waals surface area (Å²) >= 11 is 1.51. The number of thioether (sulfide) groups is 1. The van der Waals surface area contributed by atoms with Crippen LogP contribution in [0.25, 0.3) is 0 Å². The molecule has 0 aliphatic carbocycles. The molecule has 1 aliphatic heterocycles. The number of ketones is 1. The van der Waals surface area contributed by atoms with Crippen LogP contribution in [-0.4, -0.2) is 41.0 Å². The third kappa shape index (κ3) is 3.52. The monoisotopic (exact) mass is 295 g/mol. The highest BCUT2D eigenvalue weighted by molar-refractivity contribution is 8.00. The van der Waals surface area contributed by atoms with Crippen LogP contribution in [0.15, 0.2) is 18.2 Å². The first-order valence-electron chi connectivity index (χ1n) is 6.45. The molecule has 5 nitrogen and oxygen atoms in total. The Hall–Kier alpha value is -1.53. The molecule has 0 fully saturated rings. The lowest BCUT2D eigenvalue weighted by atomic mass is 10.1. The molecule has 1 aromatic rings. The van der Waals surface area contributed by atoms with Gasteiger partial charge in [-0.05, 0) is 37.3 Å². The van der Waals surface area contributed by atoms with Crippen LogP contribution in [0.1, 0.15) is 23.7 Å². The van der Waals surface area contributed by atoms with Gasteiger partial charge in [0.15, 0.2) is 12.4 Å². The van der Waals surface area contributed by atoms with E-state index in [0.717, 1.165) is 5.75 Å². The average molecular weight is 295 g/mol. The summed E-state index contributed by atoms with van der Waals surface area (Å²) in [5.74, 6) is 1.12. The highest BCUT2D eigenvalue weighted by Gasteiger charge is 2.20. The van der Waals surface area contributed by atoms with E-state index in [0.29, 0.717) is 23.4 Å². The Morgan fingerprint density at radius 1 is 1.55 bits per heavy atom. The predicted molar refractivity (Wildman–Crippen MR) is 78.5 cm³/mol. The Bertz CT molecular complexity index is 518. The molecule has 0 spiro atoms. The van der Waals surface area contributed by atoms with Crippen molar-refractivity contribution in [1.82, 2.24) is 0 Å². The van der Waals surface area contributed by atoms with Gasteiger partial charge in [0.25, 0.3) is 5.91 Å². The molecule has 0 bridgehead atoms. The lowest BCUT2D eigenvalue weighted by Gasteiger charge is -2.19. The van der Waals surface area contributed by atoms with Gasteiger partial charge in [0.05, 0.1) is 10.9 Å². The molecule has 1 heterocycles. The number of ether oxygens (including phenoxy) is 1. The second-order valence-corrected chi connectivity index (χ2v) is 5.95. The minimum Gasteiger partial charge on any atom is -0.482 e. The van der Waals surface area contributed by atoms with Crippen molar-refractivity contribution in [3.63, 3.8) is 0 Å². The zero-order valence-corrected chi connectivity index (χ0v) is 12.0. The second kappa shape index (κ2) is 6.76. The molecule has 1 unspecified atom stereocenters. The molecular formula is C14H17NO4S. The number of hydrogen-bond acceptors (Lipinski definition) is 5. The van der Waals surface area contributed by atoms with E-state index in [9.17, 15) is 9.59 Å². The Morgan fingerprint density at radius 2 is 2.35 bits per heavy atom. The van der Waals surface area contributed by atoms with Gasteiger partial charge in [0.2, 0.25) is 0 Å². The third-order valence-corrected chi connectivity index (χ3v) is 4.17. The number of hydrogen-bond donors (Lipinski definition) is 2. The Balaban J connectivity index is 2.07. The van der Waals surface area contributed by atoms with Crippen LogP contribution in [0.2, 0.25) is 0 Å². The number of benzene rings is 1. The number of nitrogens with one attached hydrogen (secondary N) is 1. The number of fused-ring (bicyclic) bond motifs is 1. The van der Waals surface area contributed by atoms with E-state index in [1.807, 2.05) is 6.92 Å². The van der Waals surface area contributed by atoms with Crippen LogP contribution >= 0.6 is 11.8 Å². The summed E-state index contributed by atoms with van der Waals surface area (Å²) in [7, 11) is 0. The number of carbonyl (C=O) groups is 2. The van der Waals surface area contributed by atoms with Gasteiger partial charge in [-0.25, -0.2) is 0 Å². The highest BCUT2D eigenvalue weighted by Crippen LogP contribution is 2.29. The number of carbonyl (C=O) groups excluding carboxylic acids is 2. The van der Waals surface area contributed by atoms with Crippen molar-refractivity contribution >= 4 is 29.1 Å². The zero-order chi connectivity index (χ0) is 14.5. The van der Waals surface area contributed by atoms with Gasteiger partial charge in [-0.15, -0.1) is 0 Å². The highest BCUT2D eigenvalue weighted by atomic mass is 32.2. The molecule has 1 atom stereocenters. The van der Waals surface area contributed by atoms with Crippen molar-refractivity contribution < 1.29 is 19.4 Å². The van der Waals surface area contributed by atoms with Gasteiger partial charge in [-0.3, -0.25) is 9.59 Å². The summed E-state index contributed by atoms with van der Waals surface area (Å²) in [6, 6.07) is 5.06. The van der Waals surface area contributed by atoms with E-state index < -0.39 is 0 Å². The molecule has 0 saturated heterocycles. The predicted octanol–water partition coefficient (Wildman–Crippen LogP) is 1.70. The van der Waals surface area contributed by atoms with Gasteiger partial charge < -0.3 is 15.2 Å². The van der Waals surface area contributed by atoms with Crippen molar-refractivity contribution in [2.24, 2.45) is 0 Å². The summed E-state index contributed by atoms with van der Waals surface area (Å²) < 4.78 is 5.25. The Kier molecular flexibility index (Phi) is 5.03. The van der Waals surface area contributed by atoms with Crippen LogP contribution in [0.4, 0.5) is 5.69 Å². The molecule has 6 heteroatoms. The third-order valence-electron chi connectivity index (χ3n) is 2.94. The SMILES string of the molecule is CC(SCCCO)C(=O)c1ccc2c(c1)NC(=O)CO2. The molecule has 1 aliphatic rings. The van der Waals surface area contributed by atoms with E-state index >= 15 is 0 Å². The number of rotatable bonds is 6. The quantitative estimate of drug-likeness (QED) is 0.617. The number of amides is 1. The van der Waals surface area contributed by atoms with Crippen molar-refractivity contribution in [1.29, 1.82) is 0 Å². The van der Waals surface area contributed by atoms with Crippen LogP contribution in [0.5, 0.6) is 5.75 Å². The fourth-order valence-electron chi connectivity index (χ4n) is 1.87. The Labute approximate surface area is 121 Å². The topological polar surface area (TPSA) is 75.6 Å². The molecule has 1 aromatic carbocycles. The van der Waals surface area contributed by atoms with Crippen LogP contribution in [0.3, 0.4) is 0 Å². The lowest BCUT2D eigenvalue weighted by Crippen LogP contribution is -2.25. The summed E-state index contributed by atoms with van der Waals surface area (Å²) in [6.07, 6.45) is 0.677.